The Labute approximate surface area is 239 Å². The summed E-state index contributed by atoms with van der Waals surface area (Å²) >= 11 is 0. The van der Waals surface area contributed by atoms with Crippen LogP contribution in [0.25, 0.3) is 16.7 Å². The smallest absolute Gasteiger partial charge is 0.257 e. The summed E-state index contributed by atoms with van der Waals surface area (Å²) in [6.07, 6.45) is 2.87. The quantitative estimate of drug-likeness (QED) is 0.308. The molecule has 0 bridgehead atoms. The topological polar surface area (TPSA) is 105 Å². The molecule has 2 N–H and O–H groups in total. The maximum Gasteiger partial charge on any atom is 0.257 e. The largest absolute Gasteiger partial charge is 0.489 e. The molecule has 10 heteroatoms. The lowest BCUT2D eigenvalue weighted by Gasteiger charge is -2.34. The minimum Gasteiger partial charge on any atom is -0.489 e. The molecule has 5 rings (SSSR count). The summed E-state index contributed by atoms with van der Waals surface area (Å²) in [5.74, 6) is 0.691. The number of amides is 1. The van der Waals surface area contributed by atoms with Crippen molar-refractivity contribution in [1.29, 1.82) is 0 Å². The lowest BCUT2D eigenvalue weighted by molar-refractivity contribution is -0.111. The van der Waals surface area contributed by atoms with E-state index in [2.05, 4.69) is 51.2 Å². The van der Waals surface area contributed by atoms with Crippen molar-refractivity contribution in [2.24, 2.45) is 0 Å². The van der Waals surface area contributed by atoms with Gasteiger partial charge in [0.15, 0.2) is 5.65 Å². The highest BCUT2D eigenvalue weighted by molar-refractivity contribution is 5.99. The second-order valence-corrected chi connectivity index (χ2v) is 10.4. The molecule has 0 saturated carbocycles. The van der Waals surface area contributed by atoms with Crippen molar-refractivity contribution >= 4 is 40.0 Å². The molecule has 1 fully saturated rings. The van der Waals surface area contributed by atoms with Crippen LogP contribution < -0.4 is 25.8 Å². The molecule has 3 heterocycles. The first-order valence-electron chi connectivity index (χ1n) is 13.7. The van der Waals surface area contributed by atoms with E-state index in [1.165, 1.54) is 10.6 Å². The number of aryl methyl sites for hydroxylation is 1. The molecule has 41 heavy (non-hydrogen) atoms. The van der Waals surface area contributed by atoms with Gasteiger partial charge in [0.05, 0.1) is 17.5 Å². The fourth-order valence-electron chi connectivity index (χ4n) is 4.83. The van der Waals surface area contributed by atoms with E-state index >= 15 is 0 Å². The predicted molar refractivity (Wildman–Crippen MR) is 164 cm³/mol. The van der Waals surface area contributed by atoms with Crippen molar-refractivity contribution in [2.45, 2.75) is 26.9 Å². The molecule has 0 atom stereocenters. The highest BCUT2D eigenvalue weighted by Gasteiger charge is 2.18. The molecule has 1 aliphatic heterocycles. The Balaban J connectivity index is 1.53. The molecule has 0 unspecified atom stereocenters. The lowest BCUT2D eigenvalue weighted by atomic mass is 10.2. The first kappa shape index (κ1) is 27.9. The van der Waals surface area contributed by atoms with Crippen molar-refractivity contribution in [2.75, 3.05) is 48.8 Å². The Morgan fingerprint density at radius 2 is 1.85 bits per heavy atom. The summed E-state index contributed by atoms with van der Waals surface area (Å²) in [5.41, 5.74) is 3.90. The van der Waals surface area contributed by atoms with Gasteiger partial charge >= 0.3 is 0 Å². The van der Waals surface area contributed by atoms with Gasteiger partial charge in [0.2, 0.25) is 11.9 Å². The van der Waals surface area contributed by atoms with Crippen molar-refractivity contribution in [3.63, 3.8) is 0 Å². The first-order valence-corrected chi connectivity index (χ1v) is 13.7. The van der Waals surface area contributed by atoms with Crippen LogP contribution in [0.2, 0.25) is 0 Å². The summed E-state index contributed by atoms with van der Waals surface area (Å²) in [6, 6.07) is 14.7. The second kappa shape index (κ2) is 11.8. The van der Waals surface area contributed by atoms with Crippen molar-refractivity contribution in [1.82, 2.24) is 19.4 Å². The molecule has 1 amide bonds. The third kappa shape index (κ3) is 6.22. The highest BCUT2D eigenvalue weighted by Crippen LogP contribution is 2.33. The zero-order chi connectivity index (χ0) is 29.1. The minimum atomic E-state index is -0.338. The fraction of sp³-hybridized carbons (Fsp3) is 0.290. The summed E-state index contributed by atoms with van der Waals surface area (Å²) < 4.78 is 7.71. The number of likely N-dealkylation sites (N-methyl/N-ethyl adjacent to an activating group) is 1. The number of nitrogens with zero attached hydrogens (tertiary/aromatic N) is 5. The number of carbonyl (C=O) groups excluding carboxylic acids is 1. The first-order chi connectivity index (χ1) is 19.7. The van der Waals surface area contributed by atoms with Crippen molar-refractivity contribution in [3.8, 4) is 11.4 Å². The van der Waals surface area contributed by atoms with Crippen molar-refractivity contribution in [3.05, 3.63) is 83.3 Å². The number of benzene rings is 2. The van der Waals surface area contributed by atoms with E-state index in [9.17, 15) is 9.59 Å². The van der Waals surface area contributed by atoms with Gasteiger partial charge in [0.25, 0.3) is 5.56 Å². The van der Waals surface area contributed by atoms with Crippen LogP contribution in [0.4, 0.5) is 23.0 Å². The number of rotatable bonds is 8. The van der Waals surface area contributed by atoms with E-state index in [-0.39, 0.29) is 17.6 Å². The summed E-state index contributed by atoms with van der Waals surface area (Å²) in [6.45, 7) is 13.3. The number of hydrogen-bond donors (Lipinski definition) is 2. The van der Waals surface area contributed by atoms with Gasteiger partial charge < -0.3 is 25.2 Å². The van der Waals surface area contributed by atoms with Gasteiger partial charge in [0.1, 0.15) is 5.75 Å². The van der Waals surface area contributed by atoms with Gasteiger partial charge in [-0.1, -0.05) is 12.6 Å². The number of piperazine rings is 1. The van der Waals surface area contributed by atoms with Crippen LogP contribution in [0.5, 0.6) is 5.75 Å². The van der Waals surface area contributed by atoms with E-state index in [4.69, 9.17) is 9.72 Å². The Morgan fingerprint density at radius 3 is 2.59 bits per heavy atom. The van der Waals surface area contributed by atoms with E-state index in [1.807, 2.05) is 26.8 Å². The molecule has 0 radical (unpaired) electrons. The van der Waals surface area contributed by atoms with Crippen molar-refractivity contribution < 1.29 is 9.53 Å². The summed E-state index contributed by atoms with van der Waals surface area (Å²) in [7, 11) is 2.14. The van der Waals surface area contributed by atoms with Gasteiger partial charge in [-0.2, -0.15) is 4.98 Å². The predicted octanol–water partition coefficient (Wildman–Crippen LogP) is 4.50. The molecular formula is C31H35N7O3. The van der Waals surface area contributed by atoms with E-state index in [0.717, 1.165) is 48.5 Å². The molecule has 1 aliphatic rings. The summed E-state index contributed by atoms with van der Waals surface area (Å²) in [4.78, 5) is 39.1. The molecule has 4 aromatic rings. The number of carbonyl (C=O) groups is 1. The zero-order valence-electron chi connectivity index (χ0n) is 23.8. The molecule has 1 saturated heterocycles. The number of nitrogens with one attached hydrogen (secondary N) is 2. The average molecular weight is 554 g/mol. The second-order valence-electron chi connectivity index (χ2n) is 10.4. The maximum atomic E-state index is 13.2. The van der Waals surface area contributed by atoms with Gasteiger partial charge in [-0.05, 0) is 69.8 Å². The van der Waals surface area contributed by atoms with E-state index < -0.39 is 0 Å². The van der Waals surface area contributed by atoms with E-state index in [1.54, 1.807) is 36.5 Å². The van der Waals surface area contributed by atoms with Crippen LogP contribution >= 0.6 is 0 Å². The summed E-state index contributed by atoms with van der Waals surface area (Å²) in [5, 5.41) is 6.79. The highest BCUT2D eigenvalue weighted by atomic mass is 16.5. The number of aromatic nitrogens is 3. The van der Waals surface area contributed by atoms with Crippen LogP contribution in [0.1, 0.15) is 19.4 Å². The average Bonchev–Trinajstić information content (AvgIpc) is 2.94. The van der Waals surface area contributed by atoms with Crippen LogP contribution in [0.15, 0.2) is 72.2 Å². The third-order valence-electron chi connectivity index (χ3n) is 6.97. The van der Waals surface area contributed by atoms with Crippen LogP contribution in [-0.2, 0) is 4.79 Å². The molecule has 0 aliphatic carbocycles. The van der Waals surface area contributed by atoms with Crippen LogP contribution in [-0.4, -0.2) is 64.7 Å². The minimum absolute atomic E-state index is 0.0301. The standard InChI is InChI=1S/C31H35N7O3/c1-6-28(39)33-22-8-7-9-24(17-22)38-29(40)16-21(4)25-19-32-31(35-30(25)38)34-26-11-10-23(18-27(26)41-20(2)3)37-14-12-36(5)13-15-37/h6-11,16-20H,1,12-15H2,2-5H3,(H,33,39)(H,32,34,35). The number of anilines is 4. The Kier molecular flexibility index (Phi) is 8.02. The van der Waals surface area contributed by atoms with Crippen LogP contribution in [0, 0.1) is 6.92 Å². The third-order valence-corrected chi connectivity index (χ3v) is 6.97. The van der Waals surface area contributed by atoms with Gasteiger partial charge in [-0.25, -0.2) is 4.98 Å². The van der Waals surface area contributed by atoms with Gasteiger partial charge in [-0.15, -0.1) is 0 Å². The molecule has 0 spiro atoms. The van der Waals surface area contributed by atoms with Gasteiger partial charge in [0, 0.05) is 61.3 Å². The fourth-order valence-corrected chi connectivity index (χ4v) is 4.83. The lowest BCUT2D eigenvalue weighted by Crippen LogP contribution is -2.44. The van der Waals surface area contributed by atoms with Gasteiger partial charge in [-0.3, -0.25) is 14.2 Å². The zero-order valence-corrected chi connectivity index (χ0v) is 23.8. The Morgan fingerprint density at radius 1 is 1.07 bits per heavy atom. The number of hydrogen-bond acceptors (Lipinski definition) is 8. The maximum absolute atomic E-state index is 13.2. The SMILES string of the molecule is C=CC(=O)Nc1cccc(-n2c(=O)cc(C)c3cnc(Nc4ccc(N5CCN(C)CC5)cc4OC(C)C)nc32)c1. The Hall–Kier alpha value is -4.70. The monoisotopic (exact) mass is 553 g/mol. The molecule has 2 aromatic heterocycles. The number of pyridine rings is 1. The molecule has 212 valence electrons. The van der Waals surface area contributed by atoms with Crippen LogP contribution in [0.3, 0.4) is 0 Å². The Bertz CT molecular complexity index is 1660. The molecule has 10 nitrogen and oxygen atoms in total. The number of ether oxygens (including phenoxy) is 1. The van der Waals surface area contributed by atoms with E-state index in [0.29, 0.717) is 28.7 Å². The molecular weight excluding hydrogens is 518 g/mol. The normalized spacial score (nSPS) is 13.8. The number of fused-ring (bicyclic) bond motifs is 1. The molecule has 2 aromatic carbocycles.